The van der Waals surface area contributed by atoms with E-state index in [1.807, 2.05) is 12.3 Å². The summed E-state index contributed by atoms with van der Waals surface area (Å²) in [7, 11) is 1.68. The van der Waals surface area contributed by atoms with Crippen molar-refractivity contribution in [1.29, 1.82) is 0 Å². The molecule has 0 atom stereocenters. The lowest BCUT2D eigenvalue weighted by Gasteiger charge is -2.06. The van der Waals surface area contributed by atoms with Gasteiger partial charge in [-0.05, 0) is 36.9 Å². The molecule has 0 unspecified atom stereocenters. The second-order valence-corrected chi connectivity index (χ2v) is 7.44. The average Bonchev–Trinajstić information content (AvgIpc) is 3.02. The number of carbonyl (C=O) groups excluding carboxylic acids is 1. The summed E-state index contributed by atoms with van der Waals surface area (Å²) >= 11 is 15.0. The summed E-state index contributed by atoms with van der Waals surface area (Å²) < 4.78 is 0. The predicted octanol–water partition coefficient (Wildman–Crippen LogP) is 4.99. The number of thioether (sulfide) groups is 1. The third-order valence-electron chi connectivity index (χ3n) is 3.08. The highest BCUT2D eigenvalue weighted by Gasteiger charge is 2.31. The largest absolute Gasteiger partial charge is 0.289 e. The van der Waals surface area contributed by atoms with E-state index in [-0.39, 0.29) is 5.91 Å². The first kappa shape index (κ1) is 16.5. The molecule has 1 aromatic heterocycles. The number of aryl methyl sites for hydroxylation is 1. The van der Waals surface area contributed by atoms with Crippen molar-refractivity contribution in [3.8, 4) is 0 Å². The van der Waals surface area contributed by atoms with E-state index < -0.39 is 0 Å². The minimum absolute atomic E-state index is 0.141. The first-order valence-electron chi connectivity index (χ1n) is 6.58. The summed E-state index contributed by atoms with van der Waals surface area (Å²) in [6.45, 7) is 1.90. The molecule has 2 aromatic rings. The fourth-order valence-electron chi connectivity index (χ4n) is 1.91. The molecule has 1 aromatic carbocycles. The van der Waals surface area contributed by atoms with Crippen molar-refractivity contribution in [2.45, 2.75) is 6.92 Å². The van der Waals surface area contributed by atoms with Gasteiger partial charge in [0.05, 0.1) is 10.6 Å². The minimum Gasteiger partial charge on any atom is -0.289 e. The Bertz CT molecular complexity index is 825. The Balaban J connectivity index is 1.95. The van der Waals surface area contributed by atoms with Crippen molar-refractivity contribution in [3.63, 3.8) is 0 Å². The lowest BCUT2D eigenvalue weighted by atomic mass is 10.2. The molecule has 1 amide bonds. The van der Waals surface area contributed by atoms with Crippen molar-refractivity contribution >= 4 is 68.6 Å². The van der Waals surface area contributed by atoms with E-state index in [1.165, 1.54) is 28.0 Å². The van der Waals surface area contributed by atoms with E-state index in [0.29, 0.717) is 30.8 Å². The van der Waals surface area contributed by atoms with Crippen LogP contribution in [0.3, 0.4) is 0 Å². The van der Waals surface area contributed by atoms with Gasteiger partial charge < -0.3 is 0 Å². The van der Waals surface area contributed by atoms with Gasteiger partial charge in [-0.15, -0.1) is 11.3 Å². The number of aliphatic imine (C=N–C) groups is 1. The van der Waals surface area contributed by atoms with Crippen LogP contribution in [0.4, 0.5) is 5.13 Å². The third kappa shape index (κ3) is 3.45. The minimum atomic E-state index is -0.141. The molecule has 0 bridgehead atoms. The number of nitrogens with zero attached hydrogens (tertiary/aromatic N) is 3. The van der Waals surface area contributed by atoms with Gasteiger partial charge in [0.1, 0.15) is 0 Å². The standard InChI is InChI=1S/C15H11Cl2N3OS2/c1-8-7-22-14(18-8)19-15-20(2)13(21)12(23-15)6-9-10(16)4-3-5-11(9)17/h3-7H,1-2H3/b12-6-,19-15+. The summed E-state index contributed by atoms with van der Waals surface area (Å²) in [4.78, 5) is 23.1. The molecule has 4 nitrogen and oxygen atoms in total. The van der Waals surface area contributed by atoms with E-state index >= 15 is 0 Å². The fraction of sp³-hybridized carbons (Fsp3) is 0.133. The van der Waals surface area contributed by atoms with Gasteiger partial charge in [0.2, 0.25) is 5.13 Å². The molecule has 0 saturated carbocycles. The highest BCUT2D eigenvalue weighted by atomic mass is 35.5. The van der Waals surface area contributed by atoms with Gasteiger partial charge in [-0.1, -0.05) is 29.3 Å². The molecule has 2 heterocycles. The molecule has 8 heteroatoms. The molecule has 0 spiro atoms. The van der Waals surface area contributed by atoms with E-state index in [4.69, 9.17) is 23.2 Å². The van der Waals surface area contributed by atoms with Crippen LogP contribution < -0.4 is 0 Å². The van der Waals surface area contributed by atoms with Gasteiger partial charge in [0, 0.05) is 28.0 Å². The Morgan fingerprint density at radius 2 is 2.00 bits per heavy atom. The topological polar surface area (TPSA) is 45.6 Å². The van der Waals surface area contributed by atoms with Crippen molar-refractivity contribution in [2.75, 3.05) is 7.05 Å². The quantitative estimate of drug-likeness (QED) is 0.685. The summed E-state index contributed by atoms with van der Waals surface area (Å²) in [5.74, 6) is -0.141. The number of likely N-dealkylation sites (N-methyl/N-ethyl adjacent to an activating group) is 1. The number of hydrogen-bond donors (Lipinski definition) is 0. The molecule has 3 rings (SSSR count). The Labute approximate surface area is 151 Å². The van der Waals surface area contributed by atoms with Gasteiger partial charge in [-0.25, -0.2) is 4.98 Å². The zero-order valence-electron chi connectivity index (χ0n) is 12.2. The molecule has 118 valence electrons. The van der Waals surface area contributed by atoms with Gasteiger partial charge >= 0.3 is 0 Å². The molecule has 0 aliphatic carbocycles. The van der Waals surface area contributed by atoms with Crippen LogP contribution in [0.15, 0.2) is 33.5 Å². The zero-order valence-corrected chi connectivity index (χ0v) is 15.4. The molecule has 0 radical (unpaired) electrons. The number of aromatic nitrogens is 1. The van der Waals surface area contributed by atoms with Crippen LogP contribution in [0.25, 0.3) is 6.08 Å². The summed E-state index contributed by atoms with van der Waals surface area (Å²) in [6.07, 6.45) is 1.70. The lowest BCUT2D eigenvalue weighted by molar-refractivity contribution is -0.121. The van der Waals surface area contributed by atoms with Crippen LogP contribution in [0.5, 0.6) is 0 Å². The highest BCUT2D eigenvalue weighted by molar-refractivity contribution is 8.18. The van der Waals surface area contributed by atoms with Crippen LogP contribution in [0, 0.1) is 6.92 Å². The molecule has 1 fully saturated rings. The second-order valence-electron chi connectivity index (χ2n) is 4.78. The number of rotatable bonds is 2. The molecule has 1 aliphatic heterocycles. The highest BCUT2D eigenvalue weighted by Crippen LogP contribution is 2.36. The Morgan fingerprint density at radius 1 is 1.30 bits per heavy atom. The number of hydrogen-bond acceptors (Lipinski definition) is 5. The normalized spacial score (nSPS) is 18.4. The smallest absolute Gasteiger partial charge is 0.266 e. The van der Waals surface area contributed by atoms with Crippen molar-refractivity contribution in [3.05, 3.63) is 49.8 Å². The monoisotopic (exact) mass is 383 g/mol. The van der Waals surface area contributed by atoms with E-state index in [2.05, 4.69) is 9.98 Å². The maximum Gasteiger partial charge on any atom is 0.266 e. The molecule has 0 N–H and O–H groups in total. The first-order chi connectivity index (χ1) is 11.0. The van der Waals surface area contributed by atoms with Crippen molar-refractivity contribution in [2.24, 2.45) is 4.99 Å². The Morgan fingerprint density at radius 3 is 2.61 bits per heavy atom. The van der Waals surface area contributed by atoms with E-state index in [1.54, 1.807) is 31.3 Å². The summed E-state index contributed by atoms with van der Waals surface area (Å²) in [5.41, 5.74) is 1.54. The van der Waals surface area contributed by atoms with Crippen LogP contribution in [0.2, 0.25) is 10.0 Å². The van der Waals surface area contributed by atoms with Crippen LogP contribution >= 0.6 is 46.3 Å². The summed E-state index contributed by atoms with van der Waals surface area (Å²) in [5, 5.41) is 4.13. The molecular weight excluding hydrogens is 373 g/mol. The van der Waals surface area contributed by atoms with E-state index in [9.17, 15) is 4.79 Å². The number of thiazole rings is 1. The van der Waals surface area contributed by atoms with Crippen molar-refractivity contribution in [1.82, 2.24) is 9.88 Å². The molecule has 1 aliphatic rings. The zero-order chi connectivity index (χ0) is 16.6. The number of amides is 1. The third-order valence-corrected chi connectivity index (χ3v) is 5.65. The SMILES string of the molecule is Cc1csc(/N=C2/S/C(=C\c3c(Cl)cccc3Cl)C(=O)N2C)n1. The first-order valence-corrected chi connectivity index (χ1v) is 9.03. The van der Waals surface area contributed by atoms with E-state index in [0.717, 1.165) is 5.69 Å². The Hall–Kier alpha value is -1.34. The molecule has 23 heavy (non-hydrogen) atoms. The number of halogens is 2. The number of benzene rings is 1. The van der Waals surface area contributed by atoms with Crippen LogP contribution in [-0.2, 0) is 4.79 Å². The fourth-order valence-corrected chi connectivity index (χ4v) is 4.08. The lowest BCUT2D eigenvalue weighted by Crippen LogP contribution is -2.23. The Kier molecular flexibility index (Phi) is 4.77. The number of carbonyl (C=O) groups is 1. The van der Waals surface area contributed by atoms with Gasteiger partial charge in [-0.3, -0.25) is 9.69 Å². The van der Waals surface area contributed by atoms with Crippen LogP contribution in [-0.4, -0.2) is 28.0 Å². The maximum atomic E-state index is 12.4. The van der Waals surface area contributed by atoms with Gasteiger partial charge in [0.15, 0.2) is 5.17 Å². The van der Waals surface area contributed by atoms with Crippen LogP contribution in [0.1, 0.15) is 11.3 Å². The van der Waals surface area contributed by atoms with Gasteiger partial charge in [-0.2, -0.15) is 4.99 Å². The maximum absolute atomic E-state index is 12.4. The summed E-state index contributed by atoms with van der Waals surface area (Å²) in [6, 6.07) is 5.24. The predicted molar refractivity (Wildman–Crippen MR) is 98.7 cm³/mol. The average molecular weight is 384 g/mol. The van der Waals surface area contributed by atoms with Crippen molar-refractivity contribution < 1.29 is 4.79 Å². The molecule has 1 saturated heterocycles. The number of amidine groups is 1. The van der Waals surface area contributed by atoms with Gasteiger partial charge in [0.25, 0.3) is 5.91 Å². The second kappa shape index (κ2) is 6.65. The molecular formula is C15H11Cl2N3OS2.